The molecule has 0 aliphatic heterocycles. The molecule has 0 aliphatic carbocycles. The predicted octanol–water partition coefficient (Wildman–Crippen LogP) is 3.04. The maximum atomic E-state index is 5.19. The largest absolute Gasteiger partial charge is 0.127 e. The number of hydrogen-bond acceptors (Lipinski definition) is 0. The van der Waals surface area contributed by atoms with Gasteiger partial charge < -0.3 is 0 Å². The average molecular weight is 188 g/mol. The van der Waals surface area contributed by atoms with Crippen molar-refractivity contribution in [2.24, 2.45) is 0 Å². The van der Waals surface area contributed by atoms with E-state index in [0.29, 0.717) is 0 Å². The Balaban J connectivity index is 0. The van der Waals surface area contributed by atoms with Crippen molar-refractivity contribution in [3.63, 3.8) is 0 Å². The van der Waals surface area contributed by atoms with E-state index >= 15 is 0 Å². The molecular formula is C5H12BrCl. The van der Waals surface area contributed by atoms with Crippen molar-refractivity contribution in [3.05, 3.63) is 0 Å². The first-order valence-electron chi connectivity index (χ1n) is 2.45. The Labute approximate surface area is 59.4 Å². The average Bonchev–Trinajstić information content (AvgIpc) is 1.69. The molecule has 0 saturated carbocycles. The molecule has 2 heteroatoms. The van der Waals surface area contributed by atoms with E-state index in [1.165, 1.54) is 0 Å². The Morgan fingerprint density at radius 2 is 1.57 bits per heavy atom. The Morgan fingerprint density at radius 1 is 1.43 bits per heavy atom. The first kappa shape index (κ1) is 10.7. The highest BCUT2D eigenvalue weighted by Gasteiger charge is 1.59. The van der Waals surface area contributed by atoms with Gasteiger partial charge in [0, 0.05) is 11.2 Å². The van der Waals surface area contributed by atoms with E-state index in [1.807, 2.05) is 13.8 Å². The number of halogens is 2. The second kappa shape index (κ2) is 15.9. The molecule has 46 valence electrons. The summed E-state index contributed by atoms with van der Waals surface area (Å²) in [5.74, 6) is 0.792. The third-order valence-electron chi connectivity index (χ3n) is 0.189. The van der Waals surface area contributed by atoms with Gasteiger partial charge in [0.15, 0.2) is 0 Å². The molecule has 7 heavy (non-hydrogen) atoms. The molecule has 0 rings (SSSR count). The fraction of sp³-hybridized carbons (Fsp3) is 1.00. The lowest BCUT2D eigenvalue weighted by atomic mass is 10.6. The minimum absolute atomic E-state index is 0.792. The second-order valence-corrected chi connectivity index (χ2v) is 2.46. The van der Waals surface area contributed by atoms with E-state index in [-0.39, 0.29) is 0 Å². The number of alkyl halides is 2. The zero-order valence-corrected chi connectivity index (χ0v) is 7.22. The van der Waals surface area contributed by atoms with Gasteiger partial charge in [-0.25, -0.2) is 0 Å². The third-order valence-corrected chi connectivity index (χ3v) is 0.567. The second-order valence-electron chi connectivity index (χ2n) is 0.956. The Hall–Kier alpha value is 0.770. The van der Waals surface area contributed by atoms with Crippen molar-refractivity contribution in [1.29, 1.82) is 0 Å². The molecule has 0 amide bonds. The van der Waals surface area contributed by atoms with Gasteiger partial charge in [-0.3, -0.25) is 0 Å². The van der Waals surface area contributed by atoms with E-state index in [4.69, 9.17) is 11.6 Å². The van der Waals surface area contributed by atoms with Gasteiger partial charge in [-0.1, -0.05) is 29.8 Å². The van der Waals surface area contributed by atoms with E-state index in [1.54, 1.807) is 0 Å². The van der Waals surface area contributed by atoms with Crippen molar-refractivity contribution in [2.75, 3.05) is 11.2 Å². The molecular weight excluding hydrogens is 175 g/mol. The summed E-state index contributed by atoms with van der Waals surface area (Å²) in [7, 11) is 0. The number of rotatable bonds is 1. The van der Waals surface area contributed by atoms with E-state index in [0.717, 1.165) is 17.6 Å². The van der Waals surface area contributed by atoms with Crippen LogP contribution in [0.15, 0.2) is 0 Å². The highest BCUT2D eigenvalue weighted by atomic mass is 79.9. The zero-order chi connectivity index (χ0) is 6.12. The van der Waals surface area contributed by atoms with Gasteiger partial charge in [0.1, 0.15) is 0 Å². The molecule has 0 heterocycles. The summed E-state index contributed by atoms with van der Waals surface area (Å²) in [6.07, 6.45) is 1.08. The first-order valence-corrected chi connectivity index (χ1v) is 4.10. The standard InChI is InChI=1S/C3H7Cl.C2H5Br/c1-2-3-4;1-2-3/h2-3H2,1H3;2H2,1H3. The van der Waals surface area contributed by atoms with Crippen molar-refractivity contribution in [1.82, 2.24) is 0 Å². The maximum absolute atomic E-state index is 5.19. The van der Waals surface area contributed by atoms with Crippen molar-refractivity contribution in [3.8, 4) is 0 Å². The molecule has 0 aromatic rings. The monoisotopic (exact) mass is 186 g/mol. The van der Waals surface area contributed by atoms with Crippen molar-refractivity contribution < 1.29 is 0 Å². The minimum atomic E-state index is 0.792. The summed E-state index contributed by atoms with van der Waals surface area (Å²) < 4.78 is 0. The van der Waals surface area contributed by atoms with Crippen LogP contribution in [0.2, 0.25) is 0 Å². The maximum Gasteiger partial charge on any atom is 0.0220 e. The summed E-state index contributed by atoms with van der Waals surface area (Å²) in [5.41, 5.74) is 0. The summed E-state index contributed by atoms with van der Waals surface area (Å²) in [6.45, 7) is 4.09. The molecule has 0 aliphatic rings. The van der Waals surface area contributed by atoms with Crippen molar-refractivity contribution >= 4 is 27.5 Å². The van der Waals surface area contributed by atoms with Gasteiger partial charge in [0.2, 0.25) is 0 Å². The van der Waals surface area contributed by atoms with Crippen LogP contribution in [-0.2, 0) is 0 Å². The van der Waals surface area contributed by atoms with Crippen LogP contribution in [0.1, 0.15) is 20.3 Å². The van der Waals surface area contributed by atoms with E-state index < -0.39 is 0 Å². The normalized spacial score (nSPS) is 6.86. The van der Waals surface area contributed by atoms with Crippen LogP contribution in [0.5, 0.6) is 0 Å². The van der Waals surface area contributed by atoms with Gasteiger partial charge in [-0.2, -0.15) is 0 Å². The molecule has 0 aromatic carbocycles. The molecule has 0 aromatic heterocycles. The highest BCUT2D eigenvalue weighted by molar-refractivity contribution is 9.09. The Morgan fingerprint density at radius 3 is 1.57 bits per heavy atom. The van der Waals surface area contributed by atoms with Crippen molar-refractivity contribution in [2.45, 2.75) is 20.3 Å². The molecule has 0 unspecified atom stereocenters. The number of hydrogen-bond donors (Lipinski definition) is 0. The van der Waals surface area contributed by atoms with Crippen LogP contribution in [0, 0.1) is 0 Å². The van der Waals surface area contributed by atoms with Crippen LogP contribution in [0.25, 0.3) is 0 Å². The fourth-order valence-electron chi connectivity index (χ4n) is 0. The molecule has 0 spiro atoms. The summed E-state index contributed by atoms with van der Waals surface area (Å²) in [6, 6.07) is 0. The molecule has 0 radical (unpaired) electrons. The molecule has 0 atom stereocenters. The third kappa shape index (κ3) is 49.2. The van der Waals surface area contributed by atoms with Crippen LogP contribution in [-0.4, -0.2) is 11.2 Å². The molecule has 0 N–H and O–H groups in total. The van der Waals surface area contributed by atoms with E-state index in [2.05, 4.69) is 15.9 Å². The smallest absolute Gasteiger partial charge is 0.0220 e. The summed E-state index contributed by atoms with van der Waals surface area (Å²) in [4.78, 5) is 0. The SMILES string of the molecule is CCBr.CCCCl. The fourth-order valence-corrected chi connectivity index (χ4v) is 0. The summed E-state index contributed by atoms with van der Waals surface area (Å²) in [5, 5.41) is 1.06. The van der Waals surface area contributed by atoms with Gasteiger partial charge in [-0.05, 0) is 6.42 Å². The van der Waals surface area contributed by atoms with E-state index in [9.17, 15) is 0 Å². The predicted molar refractivity (Wildman–Crippen MR) is 40.5 cm³/mol. The lowest BCUT2D eigenvalue weighted by molar-refractivity contribution is 1.10. The molecule has 0 fully saturated rings. The lowest BCUT2D eigenvalue weighted by Crippen LogP contribution is -1.55. The van der Waals surface area contributed by atoms with Gasteiger partial charge in [0.05, 0.1) is 0 Å². The molecule has 0 nitrogen and oxygen atoms in total. The molecule has 0 bridgehead atoms. The Kier molecular flexibility index (Phi) is 24.2. The first-order chi connectivity index (χ1) is 3.33. The van der Waals surface area contributed by atoms with Crippen LogP contribution in [0.4, 0.5) is 0 Å². The summed E-state index contributed by atoms with van der Waals surface area (Å²) >= 11 is 8.33. The quantitative estimate of drug-likeness (QED) is 0.554. The lowest BCUT2D eigenvalue weighted by Gasteiger charge is -1.65. The Bertz CT molecular complexity index is 15.6. The topological polar surface area (TPSA) is 0 Å². The van der Waals surface area contributed by atoms with Crippen LogP contribution in [0.3, 0.4) is 0 Å². The van der Waals surface area contributed by atoms with Crippen LogP contribution < -0.4 is 0 Å². The van der Waals surface area contributed by atoms with Crippen LogP contribution >= 0.6 is 27.5 Å². The van der Waals surface area contributed by atoms with Gasteiger partial charge in [-0.15, -0.1) is 11.6 Å². The zero-order valence-electron chi connectivity index (χ0n) is 4.88. The van der Waals surface area contributed by atoms with Gasteiger partial charge in [0.25, 0.3) is 0 Å². The minimum Gasteiger partial charge on any atom is -0.127 e. The van der Waals surface area contributed by atoms with Gasteiger partial charge >= 0.3 is 0 Å². The molecule has 0 saturated heterocycles. The highest BCUT2D eigenvalue weighted by Crippen LogP contribution is 1.75.